The number of rotatable bonds is 6. The summed E-state index contributed by atoms with van der Waals surface area (Å²) in [5.41, 5.74) is 10.6. The molecule has 2 aromatic heterocycles. The van der Waals surface area contributed by atoms with Crippen LogP contribution in [0.4, 0.5) is 5.69 Å². The highest BCUT2D eigenvalue weighted by Gasteiger charge is 2.13. The van der Waals surface area contributed by atoms with Gasteiger partial charge in [-0.1, -0.05) is 45.0 Å². The van der Waals surface area contributed by atoms with Crippen molar-refractivity contribution in [2.24, 2.45) is 0 Å². The first-order valence-electron chi connectivity index (χ1n) is 10.1. The summed E-state index contributed by atoms with van der Waals surface area (Å²) in [6.07, 6.45) is 3.95. The summed E-state index contributed by atoms with van der Waals surface area (Å²) in [5, 5.41) is 0. The Morgan fingerprint density at radius 3 is 2.30 bits per heavy atom. The number of ether oxygens (including phenoxy) is 2. The third-order valence-corrected chi connectivity index (χ3v) is 4.98. The largest absolute Gasteiger partial charge is 0.490 e. The van der Waals surface area contributed by atoms with Crippen LogP contribution in [0.25, 0.3) is 16.9 Å². The van der Waals surface area contributed by atoms with Crippen molar-refractivity contribution in [3.8, 4) is 22.8 Å². The van der Waals surface area contributed by atoms with Gasteiger partial charge >= 0.3 is 0 Å². The summed E-state index contributed by atoms with van der Waals surface area (Å²) < 4.78 is 13.8. The average Bonchev–Trinajstić information content (AvgIpc) is 3.16. The maximum absolute atomic E-state index is 5.96. The lowest BCUT2D eigenvalue weighted by molar-refractivity contribution is 0.218. The van der Waals surface area contributed by atoms with Gasteiger partial charge in [0, 0.05) is 23.6 Å². The fourth-order valence-corrected chi connectivity index (χ4v) is 3.26. The number of imidazole rings is 1. The minimum absolute atomic E-state index is 0.135. The number of fused-ring (bicyclic) bond motifs is 1. The summed E-state index contributed by atoms with van der Waals surface area (Å²) in [7, 11) is 0. The van der Waals surface area contributed by atoms with E-state index in [1.165, 1.54) is 5.56 Å². The smallest absolute Gasteiger partial charge is 0.180 e. The molecule has 0 aliphatic carbocycles. The van der Waals surface area contributed by atoms with Gasteiger partial charge in [-0.05, 0) is 47.4 Å². The van der Waals surface area contributed by atoms with Crippen molar-refractivity contribution in [2.75, 3.05) is 18.9 Å². The van der Waals surface area contributed by atoms with E-state index in [4.69, 9.17) is 20.2 Å². The highest BCUT2D eigenvalue weighted by atomic mass is 16.5. The summed E-state index contributed by atoms with van der Waals surface area (Å²) in [4.78, 5) is 4.74. The number of nitrogens with zero attached hydrogens (tertiary/aromatic N) is 2. The Morgan fingerprint density at radius 2 is 1.60 bits per heavy atom. The summed E-state index contributed by atoms with van der Waals surface area (Å²) >= 11 is 0. The molecule has 0 fully saturated rings. The number of hydrogen-bond acceptors (Lipinski definition) is 4. The van der Waals surface area contributed by atoms with Gasteiger partial charge in [-0.25, -0.2) is 4.98 Å². The first-order chi connectivity index (χ1) is 14.4. The molecular formula is C25H27N3O2. The number of anilines is 1. The molecule has 0 radical (unpaired) electrons. The second-order valence-corrected chi connectivity index (χ2v) is 8.32. The van der Waals surface area contributed by atoms with Crippen LogP contribution in [-0.4, -0.2) is 22.6 Å². The summed E-state index contributed by atoms with van der Waals surface area (Å²) in [6, 6.07) is 19.8. The van der Waals surface area contributed by atoms with Crippen molar-refractivity contribution < 1.29 is 9.47 Å². The Hall–Kier alpha value is -3.47. The molecule has 0 saturated heterocycles. The molecule has 2 N–H and O–H groups in total. The van der Waals surface area contributed by atoms with E-state index in [1.54, 1.807) is 0 Å². The van der Waals surface area contributed by atoms with E-state index in [9.17, 15) is 0 Å². The maximum atomic E-state index is 5.96. The lowest BCUT2D eigenvalue weighted by atomic mass is 9.87. The van der Waals surface area contributed by atoms with Crippen LogP contribution in [-0.2, 0) is 5.41 Å². The molecular weight excluding hydrogens is 374 g/mol. The predicted octanol–water partition coefficient (Wildman–Crippen LogP) is 5.34. The lowest BCUT2D eigenvalue weighted by Gasteiger charge is -2.19. The third-order valence-electron chi connectivity index (χ3n) is 4.98. The first kappa shape index (κ1) is 19.8. The van der Waals surface area contributed by atoms with Crippen LogP contribution >= 0.6 is 0 Å². The number of aromatic nitrogens is 2. The van der Waals surface area contributed by atoms with Gasteiger partial charge in [0.25, 0.3) is 0 Å². The highest BCUT2D eigenvalue weighted by molar-refractivity contribution is 5.67. The van der Waals surface area contributed by atoms with Gasteiger partial charge in [0.15, 0.2) is 11.4 Å². The maximum Gasteiger partial charge on any atom is 0.180 e. The third kappa shape index (κ3) is 4.40. The lowest BCUT2D eigenvalue weighted by Crippen LogP contribution is -2.11. The minimum Gasteiger partial charge on any atom is -0.490 e. The Labute approximate surface area is 177 Å². The van der Waals surface area contributed by atoms with Crippen molar-refractivity contribution in [2.45, 2.75) is 26.2 Å². The molecule has 5 nitrogen and oxygen atoms in total. The van der Waals surface area contributed by atoms with Gasteiger partial charge < -0.3 is 19.6 Å². The van der Waals surface area contributed by atoms with Crippen LogP contribution in [0.2, 0.25) is 0 Å². The number of nitrogen functional groups attached to an aromatic ring is 1. The van der Waals surface area contributed by atoms with E-state index in [2.05, 4.69) is 32.9 Å². The zero-order valence-corrected chi connectivity index (χ0v) is 17.6. The molecule has 154 valence electrons. The molecule has 2 heterocycles. The predicted molar refractivity (Wildman–Crippen MR) is 121 cm³/mol. The number of pyridine rings is 1. The molecule has 5 heteroatoms. The van der Waals surface area contributed by atoms with E-state index < -0.39 is 0 Å². The molecule has 0 aliphatic heterocycles. The Kier molecular flexibility index (Phi) is 5.36. The van der Waals surface area contributed by atoms with Crippen LogP contribution in [0, 0.1) is 0 Å². The first-order valence-corrected chi connectivity index (χ1v) is 10.1. The molecule has 0 unspecified atom stereocenters. The van der Waals surface area contributed by atoms with Crippen molar-refractivity contribution >= 4 is 11.3 Å². The normalized spacial score (nSPS) is 11.6. The monoisotopic (exact) mass is 401 g/mol. The van der Waals surface area contributed by atoms with Crippen LogP contribution in [0.1, 0.15) is 26.3 Å². The van der Waals surface area contributed by atoms with Crippen LogP contribution in [0.5, 0.6) is 11.5 Å². The van der Waals surface area contributed by atoms with Gasteiger partial charge in [0.05, 0.1) is 5.69 Å². The molecule has 0 bridgehead atoms. The number of nitrogens with two attached hydrogens (primary N) is 1. The van der Waals surface area contributed by atoms with Gasteiger partial charge in [-0.3, -0.25) is 0 Å². The Morgan fingerprint density at radius 1 is 0.900 bits per heavy atom. The topological polar surface area (TPSA) is 61.8 Å². The van der Waals surface area contributed by atoms with Crippen molar-refractivity contribution in [1.82, 2.24) is 9.38 Å². The molecule has 0 saturated carbocycles. The van der Waals surface area contributed by atoms with Crippen LogP contribution < -0.4 is 15.2 Å². The molecule has 2 aromatic carbocycles. The zero-order valence-electron chi connectivity index (χ0n) is 17.6. The van der Waals surface area contributed by atoms with Crippen molar-refractivity contribution in [3.05, 3.63) is 78.6 Å². The fraction of sp³-hybridized carbons (Fsp3) is 0.240. The van der Waals surface area contributed by atoms with E-state index in [-0.39, 0.29) is 5.41 Å². The Bertz CT molecular complexity index is 1120. The van der Waals surface area contributed by atoms with Crippen molar-refractivity contribution in [3.63, 3.8) is 0 Å². The molecule has 30 heavy (non-hydrogen) atoms. The summed E-state index contributed by atoms with van der Waals surface area (Å²) in [5.74, 6) is 1.57. The highest BCUT2D eigenvalue weighted by Crippen LogP contribution is 2.26. The standard InChI is InChI=1S/C25H27N3O2/c1-25(2,3)19-8-12-21(13-9-19)29-15-16-30-23-5-4-14-28-17-22(27-24(23)28)18-6-10-20(26)11-7-18/h4-14,17H,15-16,26H2,1-3H3. The average molecular weight is 402 g/mol. The molecule has 0 spiro atoms. The minimum atomic E-state index is 0.135. The second kappa shape index (κ2) is 8.11. The van der Waals surface area contributed by atoms with Gasteiger partial charge in [0.1, 0.15) is 19.0 Å². The SMILES string of the molecule is CC(C)(C)c1ccc(OCCOc2cccn3cc(-c4ccc(N)cc4)nc23)cc1. The number of hydrogen-bond donors (Lipinski definition) is 1. The van der Waals surface area contributed by atoms with Gasteiger partial charge in [-0.15, -0.1) is 0 Å². The van der Waals surface area contributed by atoms with E-state index in [1.807, 2.05) is 65.3 Å². The van der Waals surface area contributed by atoms with Crippen LogP contribution in [0.15, 0.2) is 73.1 Å². The van der Waals surface area contributed by atoms with Crippen molar-refractivity contribution in [1.29, 1.82) is 0 Å². The molecule has 0 atom stereocenters. The molecule has 0 amide bonds. The number of benzene rings is 2. The van der Waals surface area contributed by atoms with E-state index in [0.29, 0.717) is 13.2 Å². The zero-order chi connectivity index (χ0) is 21.1. The molecule has 4 rings (SSSR count). The van der Waals surface area contributed by atoms with Crippen LogP contribution in [0.3, 0.4) is 0 Å². The molecule has 0 aliphatic rings. The molecule has 4 aromatic rings. The second-order valence-electron chi connectivity index (χ2n) is 8.32. The Balaban J connectivity index is 1.40. The fourth-order valence-electron chi connectivity index (χ4n) is 3.26. The summed E-state index contributed by atoms with van der Waals surface area (Å²) in [6.45, 7) is 7.50. The van der Waals surface area contributed by atoms with Gasteiger partial charge in [0.2, 0.25) is 0 Å². The van der Waals surface area contributed by atoms with E-state index in [0.717, 1.165) is 34.1 Å². The van der Waals surface area contributed by atoms with E-state index >= 15 is 0 Å². The van der Waals surface area contributed by atoms with Gasteiger partial charge in [-0.2, -0.15) is 0 Å². The quantitative estimate of drug-likeness (QED) is 0.350.